The second-order valence-corrected chi connectivity index (χ2v) is 7.09. The SMILES string of the molecule is COc1cc(CN2CCN(C)CC2)ccc1OS(=O)(=O)C(F)(F)F. The Balaban J connectivity index is 2.13. The van der Waals surface area contributed by atoms with Crippen LogP contribution in [0.5, 0.6) is 11.5 Å². The highest BCUT2D eigenvalue weighted by atomic mass is 32.2. The van der Waals surface area contributed by atoms with E-state index < -0.39 is 21.4 Å². The third-order valence-corrected chi connectivity index (χ3v) is 4.68. The van der Waals surface area contributed by atoms with Crippen molar-refractivity contribution >= 4 is 10.1 Å². The molecule has 0 bridgehead atoms. The predicted octanol–water partition coefficient (Wildman–Crippen LogP) is 1.67. The summed E-state index contributed by atoms with van der Waals surface area (Å²) in [6, 6.07) is 4.19. The van der Waals surface area contributed by atoms with E-state index in [9.17, 15) is 21.6 Å². The zero-order valence-electron chi connectivity index (χ0n) is 13.3. The molecule has 1 aromatic carbocycles. The molecule has 0 aliphatic carbocycles. The Morgan fingerprint density at radius 3 is 2.29 bits per heavy atom. The van der Waals surface area contributed by atoms with Gasteiger partial charge in [0.2, 0.25) is 0 Å². The first kappa shape index (κ1) is 18.8. The molecule has 1 aromatic rings. The molecule has 0 unspecified atom stereocenters. The molecular weight excluding hydrogens is 349 g/mol. The molecule has 0 amide bonds. The van der Waals surface area contributed by atoms with Crippen molar-refractivity contribution in [2.45, 2.75) is 12.1 Å². The quantitative estimate of drug-likeness (QED) is 0.582. The van der Waals surface area contributed by atoms with Crippen molar-refractivity contribution in [1.29, 1.82) is 0 Å². The Bertz CT molecular complexity index is 671. The second-order valence-electron chi connectivity index (χ2n) is 5.55. The van der Waals surface area contributed by atoms with Crippen molar-refractivity contribution < 1.29 is 30.5 Å². The van der Waals surface area contributed by atoms with E-state index in [1.54, 1.807) is 0 Å². The molecule has 1 fully saturated rings. The highest BCUT2D eigenvalue weighted by molar-refractivity contribution is 7.88. The van der Waals surface area contributed by atoms with Gasteiger partial charge in [0.05, 0.1) is 7.11 Å². The number of benzene rings is 1. The van der Waals surface area contributed by atoms with Crippen LogP contribution in [-0.4, -0.2) is 64.1 Å². The number of ether oxygens (including phenoxy) is 1. The van der Waals surface area contributed by atoms with Crippen molar-refractivity contribution in [3.05, 3.63) is 23.8 Å². The fraction of sp³-hybridized carbons (Fsp3) is 0.571. The van der Waals surface area contributed by atoms with E-state index in [0.717, 1.165) is 31.7 Å². The molecule has 1 heterocycles. The first-order chi connectivity index (χ1) is 11.1. The number of rotatable bonds is 5. The maximum atomic E-state index is 12.4. The second kappa shape index (κ2) is 7.16. The lowest BCUT2D eigenvalue weighted by Crippen LogP contribution is -2.43. The molecule has 0 aromatic heterocycles. The Morgan fingerprint density at radius 2 is 1.75 bits per heavy atom. The standard InChI is InChI=1S/C14H19F3N2O4S/c1-18-5-7-19(8-6-18)10-11-3-4-12(13(9-11)22-2)23-24(20,21)14(15,16)17/h3-4,9H,5-8,10H2,1-2H3. The van der Waals surface area contributed by atoms with Gasteiger partial charge in [-0.1, -0.05) is 6.07 Å². The van der Waals surface area contributed by atoms with Crippen LogP contribution >= 0.6 is 0 Å². The van der Waals surface area contributed by atoms with Gasteiger partial charge in [0.1, 0.15) is 0 Å². The molecule has 0 saturated carbocycles. The third-order valence-electron chi connectivity index (χ3n) is 3.71. The zero-order chi connectivity index (χ0) is 18.0. The summed E-state index contributed by atoms with van der Waals surface area (Å²) < 4.78 is 68.6. The summed E-state index contributed by atoms with van der Waals surface area (Å²) in [5, 5.41) is 0. The molecule has 1 aliphatic heterocycles. The van der Waals surface area contributed by atoms with Crippen LogP contribution in [-0.2, 0) is 16.7 Å². The van der Waals surface area contributed by atoms with Crippen LogP contribution < -0.4 is 8.92 Å². The number of methoxy groups -OCH3 is 1. The fourth-order valence-electron chi connectivity index (χ4n) is 2.31. The van der Waals surface area contributed by atoms with Crippen molar-refractivity contribution in [2.75, 3.05) is 40.3 Å². The molecule has 6 nitrogen and oxygen atoms in total. The van der Waals surface area contributed by atoms with E-state index >= 15 is 0 Å². The van der Waals surface area contributed by atoms with Gasteiger partial charge in [-0.15, -0.1) is 0 Å². The monoisotopic (exact) mass is 368 g/mol. The summed E-state index contributed by atoms with van der Waals surface area (Å²) in [5.74, 6) is -0.550. The third kappa shape index (κ3) is 4.52. The number of piperazine rings is 1. The minimum absolute atomic E-state index is 0.0607. The van der Waals surface area contributed by atoms with Crippen LogP contribution in [0.3, 0.4) is 0 Å². The summed E-state index contributed by atoms with van der Waals surface area (Å²) in [6.07, 6.45) is 0. The molecule has 136 valence electrons. The minimum Gasteiger partial charge on any atom is -0.493 e. The van der Waals surface area contributed by atoms with E-state index in [4.69, 9.17) is 4.74 Å². The van der Waals surface area contributed by atoms with E-state index in [1.165, 1.54) is 25.3 Å². The summed E-state index contributed by atoms with van der Waals surface area (Å²) in [6.45, 7) is 4.21. The van der Waals surface area contributed by atoms with E-state index in [-0.39, 0.29) is 5.75 Å². The van der Waals surface area contributed by atoms with E-state index in [1.807, 2.05) is 7.05 Å². The van der Waals surface area contributed by atoms with Gasteiger partial charge < -0.3 is 13.8 Å². The molecular formula is C14H19F3N2O4S. The summed E-state index contributed by atoms with van der Waals surface area (Å²) >= 11 is 0. The summed E-state index contributed by atoms with van der Waals surface area (Å²) in [5.41, 5.74) is -4.69. The lowest BCUT2D eigenvalue weighted by molar-refractivity contribution is -0.0500. The lowest BCUT2D eigenvalue weighted by Gasteiger charge is -2.32. The number of nitrogens with zero attached hydrogens (tertiary/aromatic N) is 2. The Morgan fingerprint density at radius 1 is 1.12 bits per heavy atom. The topological polar surface area (TPSA) is 59.1 Å². The van der Waals surface area contributed by atoms with Crippen LogP contribution in [0.25, 0.3) is 0 Å². The van der Waals surface area contributed by atoms with Crippen molar-refractivity contribution in [1.82, 2.24) is 9.80 Å². The number of halogens is 3. The largest absolute Gasteiger partial charge is 0.534 e. The van der Waals surface area contributed by atoms with Crippen LogP contribution in [0.2, 0.25) is 0 Å². The maximum Gasteiger partial charge on any atom is 0.534 e. The molecule has 24 heavy (non-hydrogen) atoms. The molecule has 10 heteroatoms. The Labute approximate surface area is 138 Å². The first-order valence-corrected chi connectivity index (χ1v) is 8.62. The van der Waals surface area contributed by atoms with Gasteiger partial charge in [-0.05, 0) is 24.7 Å². The molecule has 0 spiro atoms. The highest BCUT2D eigenvalue weighted by Crippen LogP contribution is 2.33. The van der Waals surface area contributed by atoms with Crippen LogP contribution in [0, 0.1) is 0 Å². The average molecular weight is 368 g/mol. The van der Waals surface area contributed by atoms with Crippen molar-refractivity contribution in [2.24, 2.45) is 0 Å². The van der Waals surface area contributed by atoms with Crippen LogP contribution in [0.1, 0.15) is 5.56 Å². The molecule has 0 atom stereocenters. The van der Waals surface area contributed by atoms with Gasteiger partial charge in [0, 0.05) is 32.7 Å². The number of hydrogen-bond acceptors (Lipinski definition) is 6. The van der Waals surface area contributed by atoms with Gasteiger partial charge in [0.15, 0.2) is 11.5 Å². The Kier molecular flexibility index (Phi) is 5.61. The average Bonchev–Trinajstić information content (AvgIpc) is 2.49. The van der Waals surface area contributed by atoms with E-state index in [0.29, 0.717) is 6.54 Å². The molecule has 2 rings (SSSR count). The molecule has 0 radical (unpaired) electrons. The Hall–Kier alpha value is -1.52. The first-order valence-electron chi connectivity index (χ1n) is 7.21. The number of likely N-dealkylation sites (N-methyl/N-ethyl adjacent to an activating group) is 1. The predicted molar refractivity (Wildman–Crippen MR) is 81.4 cm³/mol. The van der Waals surface area contributed by atoms with Crippen LogP contribution in [0.15, 0.2) is 18.2 Å². The van der Waals surface area contributed by atoms with Crippen molar-refractivity contribution in [3.8, 4) is 11.5 Å². The fourth-order valence-corrected chi connectivity index (χ4v) is 2.78. The van der Waals surface area contributed by atoms with Crippen molar-refractivity contribution in [3.63, 3.8) is 0 Å². The molecule has 1 aliphatic rings. The van der Waals surface area contributed by atoms with Gasteiger partial charge in [-0.25, -0.2) is 0 Å². The number of alkyl halides is 3. The van der Waals surface area contributed by atoms with Gasteiger partial charge >= 0.3 is 15.6 Å². The van der Waals surface area contributed by atoms with Crippen LogP contribution in [0.4, 0.5) is 13.2 Å². The van der Waals surface area contributed by atoms with Gasteiger partial charge in [0.25, 0.3) is 0 Å². The lowest BCUT2D eigenvalue weighted by atomic mass is 10.1. The maximum absolute atomic E-state index is 12.4. The summed E-state index contributed by atoms with van der Waals surface area (Å²) in [7, 11) is -2.45. The zero-order valence-corrected chi connectivity index (χ0v) is 14.2. The minimum atomic E-state index is -5.73. The smallest absolute Gasteiger partial charge is 0.493 e. The normalized spacial score (nSPS) is 17.7. The summed E-state index contributed by atoms with van der Waals surface area (Å²) in [4.78, 5) is 4.40. The van der Waals surface area contributed by atoms with Gasteiger partial charge in [-0.2, -0.15) is 21.6 Å². The highest BCUT2D eigenvalue weighted by Gasteiger charge is 2.48. The van der Waals surface area contributed by atoms with E-state index in [2.05, 4.69) is 14.0 Å². The number of hydrogen-bond donors (Lipinski definition) is 0. The molecule has 0 N–H and O–H groups in total. The van der Waals surface area contributed by atoms with Gasteiger partial charge in [-0.3, -0.25) is 4.90 Å². The molecule has 1 saturated heterocycles.